The molecule has 0 bridgehead atoms. The molecule has 0 heteroatoms. The zero-order valence-corrected chi connectivity index (χ0v) is 6.46. The lowest BCUT2D eigenvalue weighted by atomic mass is 10.0. The van der Waals surface area contributed by atoms with Crippen LogP contribution in [-0.2, 0) is 0 Å². The Hall–Kier alpha value is -1.00. The van der Waals surface area contributed by atoms with Crippen molar-refractivity contribution in [1.82, 2.24) is 0 Å². The summed E-state index contributed by atoms with van der Waals surface area (Å²) in [6.45, 7) is 4.38. The van der Waals surface area contributed by atoms with E-state index < -0.39 is 0 Å². The summed E-state index contributed by atoms with van der Waals surface area (Å²) in [5.74, 6) is 0.612. The van der Waals surface area contributed by atoms with E-state index in [-0.39, 0.29) is 0 Å². The molecule has 10 heavy (non-hydrogen) atoms. The van der Waals surface area contributed by atoms with Crippen LogP contribution in [0.4, 0.5) is 0 Å². The molecule has 0 N–H and O–H groups in total. The number of hydrogen-bond donors (Lipinski definition) is 0. The minimum atomic E-state index is 0.612. The fraction of sp³-hybridized carbons (Fsp3) is 0.300. The van der Waals surface area contributed by atoms with Gasteiger partial charge in [0.1, 0.15) is 0 Å². The zero-order valence-electron chi connectivity index (χ0n) is 6.46. The Balaban J connectivity index is 2.81. The molecule has 0 aromatic carbocycles. The van der Waals surface area contributed by atoms with Crippen LogP contribution in [0.25, 0.3) is 0 Å². The van der Waals surface area contributed by atoms with Gasteiger partial charge < -0.3 is 0 Å². The average molecular weight is 132 g/mol. The SMILES string of the molecule is CC(C)C1=CC=C=CC=C1. The van der Waals surface area contributed by atoms with Crippen LogP contribution in [0, 0.1) is 5.92 Å². The standard InChI is InChI=1S/C10H12/c1-9(2)10-7-5-3-4-6-8-10/h3,5-9H,1-2H3. The minimum absolute atomic E-state index is 0.612. The Kier molecular flexibility index (Phi) is 2.30. The Morgan fingerprint density at radius 3 is 2.80 bits per heavy atom. The molecule has 0 aromatic rings. The molecular weight excluding hydrogens is 120 g/mol. The van der Waals surface area contributed by atoms with E-state index in [4.69, 9.17) is 0 Å². The Bertz CT molecular complexity index is 220. The summed E-state index contributed by atoms with van der Waals surface area (Å²) in [4.78, 5) is 0. The van der Waals surface area contributed by atoms with Crippen molar-refractivity contribution in [3.05, 3.63) is 41.7 Å². The lowest BCUT2D eigenvalue weighted by Gasteiger charge is -2.02. The largest absolute Gasteiger partial charge is 0.121 e. The molecule has 0 heterocycles. The van der Waals surface area contributed by atoms with Gasteiger partial charge in [-0.25, -0.2) is 0 Å². The van der Waals surface area contributed by atoms with Crippen molar-refractivity contribution in [1.29, 1.82) is 0 Å². The summed E-state index contributed by atoms with van der Waals surface area (Å²) in [5, 5.41) is 0. The van der Waals surface area contributed by atoms with Crippen LogP contribution in [0.15, 0.2) is 41.7 Å². The Labute approximate surface area is 62.3 Å². The highest BCUT2D eigenvalue weighted by atomic mass is 14.0. The first-order valence-electron chi connectivity index (χ1n) is 3.60. The summed E-state index contributed by atoms with van der Waals surface area (Å²) in [6.07, 6.45) is 10.1. The normalized spacial score (nSPS) is 15.7. The van der Waals surface area contributed by atoms with Crippen molar-refractivity contribution in [2.75, 3.05) is 0 Å². The maximum Gasteiger partial charge on any atom is -0.0197 e. The molecule has 0 aromatic heterocycles. The predicted molar refractivity (Wildman–Crippen MR) is 44.7 cm³/mol. The smallest absolute Gasteiger partial charge is 0.0197 e. The Morgan fingerprint density at radius 2 is 2.10 bits per heavy atom. The van der Waals surface area contributed by atoms with E-state index >= 15 is 0 Å². The van der Waals surface area contributed by atoms with E-state index in [2.05, 4.69) is 31.7 Å². The van der Waals surface area contributed by atoms with Crippen LogP contribution in [0.3, 0.4) is 0 Å². The van der Waals surface area contributed by atoms with Gasteiger partial charge in [0.05, 0.1) is 0 Å². The highest BCUT2D eigenvalue weighted by Gasteiger charge is 1.96. The first-order valence-corrected chi connectivity index (χ1v) is 3.60. The fourth-order valence-corrected chi connectivity index (χ4v) is 0.855. The summed E-state index contributed by atoms with van der Waals surface area (Å²) >= 11 is 0. The van der Waals surface area contributed by atoms with Crippen molar-refractivity contribution in [2.24, 2.45) is 5.92 Å². The van der Waals surface area contributed by atoms with E-state index in [1.165, 1.54) is 5.57 Å². The first-order chi connectivity index (χ1) is 4.80. The van der Waals surface area contributed by atoms with E-state index in [0.29, 0.717) is 5.92 Å². The van der Waals surface area contributed by atoms with Crippen LogP contribution in [0.2, 0.25) is 0 Å². The van der Waals surface area contributed by atoms with Gasteiger partial charge in [0.2, 0.25) is 0 Å². The monoisotopic (exact) mass is 132 g/mol. The van der Waals surface area contributed by atoms with Crippen molar-refractivity contribution in [2.45, 2.75) is 13.8 Å². The third kappa shape index (κ3) is 1.75. The molecule has 0 radical (unpaired) electrons. The summed E-state index contributed by atoms with van der Waals surface area (Å²) in [7, 11) is 0. The number of rotatable bonds is 1. The van der Waals surface area contributed by atoms with Gasteiger partial charge >= 0.3 is 0 Å². The van der Waals surface area contributed by atoms with E-state index in [9.17, 15) is 0 Å². The van der Waals surface area contributed by atoms with Crippen molar-refractivity contribution in [3.63, 3.8) is 0 Å². The van der Waals surface area contributed by atoms with Crippen LogP contribution in [-0.4, -0.2) is 0 Å². The molecule has 52 valence electrons. The van der Waals surface area contributed by atoms with Gasteiger partial charge in [-0.1, -0.05) is 32.1 Å². The molecule has 0 nitrogen and oxygen atoms in total. The lowest BCUT2D eigenvalue weighted by Crippen LogP contribution is -1.88. The molecule has 1 aliphatic carbocycles. The first kappa shape index (κ1) is 7.11. The molecular formula is C10H12. The number of hydrogen-bond acceptors (Lipinski definition) is 0. The average Bonchev–Trinajstić information content (AvgIpc) is 2.12. The second-order valence-electron chi connectivity index (χ2n) is 2.68. The second-order valence-corrected chi connectivity index (χ2v) is 2.68. The van der Waals surface area contributed by atoms with Gasteiger partial charge in [0, 0.05) is 0 Å². The van der Waals surface area contributed by atoms with E-state index in [0.717, 1.165) is 0 Å². The molecule has 1 aliphatic rings. The molecule has 0 unspecified atom stereocenters. The zero-order chi connectivity index (χ0) is 7.40. The van der Waals surface area contributed by atoms with E-state index in [1.54, 1.807) is 0 Å². The molecule has 0 spiro atoms. The second kappa shape index (κ2) is 3.24. The van der Waals surface area contributed by atoms with Gasteiger partial charge in [0.25, 0.3) is 0 Å². The summed E-state index contributed by atoms with van der Waals surface area (Å²) in [6, 6.07) is 0. The van der Waals surface area contributed by atoms with Gasteiger partial charge in [-0.2, -0.15) is 0 Å². The topological polar surface area (TPSA) is 0 Å². The quantitative estimate of drug-likeness (QED) is 0.481. The van der Waals surface area contributed by atoms with Crippen LogP contribution in [0.1, 0.15) is 13.8 Å². The van der Waals surface area contributed by atoms with Crippen molar-refractivity contribution < 1.29 is 0 Å². The summed E-state index contributed by atoms with van der Waals surface area (Å²) in [5.41, 5.74) is 4.38. The van der Waals surface area contributed by atoms with Gasteiger partial charge in [-0.3, -0.25) is 0 Å². The molecule has 1 rings (SSSR count). The molecule has 0 amide bonds. The minimum Gasteiger partial charge on any atom is -0.121 e. The van der Waals surface area contributed by atoms with Crippen molar-refractivity contribution >= 4 is 0 Å². The van der Waals surface area contributed by atoms with Crippen LogP contribution in [0.5, 0.6) is 0 Å². The van der Waals surface area contributed by atoms with Crippen LogP contribution >= 0.6 is 0 Å². The summed E-state index contributed by atoms with van der Waals surface area (Å²) < 4.78 is 0. The van der Waals surface area contributed by atoms with Gasteiger partial charge in [-0.15, -0.1) is 5.73 Å². The molecule has 0 atom stereocenters. The lowest BCUT2D eigenvalue weighted by molar-refractivity contribution is 0.792. The third-order valence-corrected chi connectivity index (χ3v) is 1.52. The van der Waals surface area contributed by atoms with Gasteiger partial charge in [-0.05, 0) is 23.6 Å². The highest BCUT2D eigenvalue weighted by Crippen LogP contribution is 2.11. The molecule has 0 saturated heterocycles. The fourth-order valence-electron chi connectivity index (χ4n) is 0.855. The molecule has 0 aliphatic heterocycles. The predicted octanol–water partition coefficient (Wildman–Crippen LogP) is 2.85. The maximum atomic E-state index is 3.02. The molecule has 0 fully saturated rings. The van der Waals surface area contributed by atoms with Gasteiger partial charge in [0.15, 0.2) is 0 Å². The highest BCUT2D eigenvalue weighted by molar-refractivity contribution is 5.30. The Morgan fingerprint density at radius 1 is 1.30 bits per heavy atom. The maximum absolute atomic E-state index is 3.02. The van der Waals surface area contributed by atoms with E-state index in [1.807, 2.05) is 18.2 Å². The third-order valence-electron chi connectivity index (χ3n) is 1.52. The molecule has 0 saturated carbocycles. The van der Waals surface area contributed by atoms with Crippen LogP contribution < -0.4 is 0 Å². The number of allylic oxidation sites excluding steroid dienone is 5. The van der Waals surface area contributed by atoms with Crippen molar-refractivity contribution in [3.8, 4) is 0 Å².